The predicted octanol–water partition coefficient (Wildman–Crippen LogP) is 2.84. The van der Waals surface area contributed by atoms with Gasteiger partial charge in [-0.05, 0) is 18.3 Å². The molecule has 0 bridgehead atoms. The molecule has 0 aliphatic carbocycles. The summed E-state index contributed by atoms with van der Waals surface area (Å²) in [5.74, 6) is 0.536. The molecule has 0 fully saturated rings. The number of hydrogen-bond donors (Lipinski definition) is 1. The first kappa shape index (κ1) is 13.9. The molecule has 0 heterocycles. The van der Waals surface area contributed by atoms with Gasteiger partial charge in [-0.2, -0.15) is 0 Å². The molecule has 0 aromatic rings. The lowest BCUT2D eigenvalue weighted by Gasteiger charge is -2.35. The highest BCUT2D eigenvalue weighted by Crippen LogP contribution is 2.29. The SMILES string of the molecule is CCC(C)C(OCC(C)O)C(C)(C)C. The minimum atomic E-state index is -0.371. The highest BCUT2D eigenvalue weighted by atomic mass is 16.5. The van der Waals surface area contributed by atoms with E-state index in [1.165, 1.54) is 0 Å². The summed E-state index contributed by atoms with van der Waals surface area (Å²) in [6.45, 7) is 13.1. The second-order valence-corrected chi connectivity index (χ2v) is 5.35. The van der Waals surface area contributed by atoms with E-state index < -0.39 is 0 Å². The van der Waals surface area contributed by atoms with Gasteiger partial charge in [0.15, 0.2) is 0 Å². The summed E-state index contributed by atoms with van der Waals surface area (Å²) in [5, 5.41) is 9.20. The molecule has 0 amide bonds. The maximum absolute atomic E-state index is 9.20. The molecule has 0 saturated carbocycles. The van der Waals surface area contributed by atoms with Gasteiger partial charge in [0, 0.05) is 0 Å². The monoisotopic (exact) mass is 202 g/mol. The predicted molar refractivity (Wildman–Crippen MR) is 60.3 cm³/mol. The summed E-state index contributed by atoms with van der Waals surface area (Å²) < 4.78 is 5.77. The Morgan fingerprint density at radius 3 is 2.00 bits per heavy atom. The van der Waals surface area contributed by atoms with Crippen molar-refractivity contribution in [3.63, 3.8) is 0 Å². The van der Waals surface area contributed by atoms with Crippen LogP contribution < -0.4 is 0 Å². The molecule has 2 heteroatoms. The molecule has 0 aliphatic heterocycles. The van der Waals surface area contributed by atoms with Crippen molar-refractivity contribution in [2.24, 2.45) is 11.3 Å². The Bertz CT molecular complexity index is 147. The van der Waals surface area contributed by atoms with Crippen LogP contribution >= 0.6 is 0 Å². The fourth-order valence-electron chi connectivity index (χ4n) is 1.72. The summed E-state index contributed by atoms with van der Waals surface area (Å²) >= 11 is 0. The number of rotatable bonds is 5. The normalized spacial score (nSPS) is 19.1. The van der Waals surface area contributed by atoms with Crippen LogP contribution in [0.4, 0.5) is 0 Å². The van der Waals surface area contributed by atoms with Crippen molar-refractivity contribution in [1.82, 2.24) is 0 Å². The molecule has 86 valence electrons. The Hall–Kier alpha value is -0.0800. The molecule has 3 atom stereocenters. The Kier molecular flexibility index (Phi) is 5.68. The zero-order valence-electron chi connectivity index (χ0n) is 10.5. The number of aliphatic hydroxyl groups is 1. The third-order valence-electron chi connectivity index (χ3n) is 2.53. The van der Waals surface area contributed by atoms with Gasteiger partial charge in [-0.25, -0.2) is 0 Å². The average Bonchev–Trinajstić information content (AvgIpc) is 2.01. The molecule has 0 radical (unpaired) electrons. The summed E-state index contributed by atoms with van der Waals surface area (Å²) in [6.07, 6.45) is 0.966. The van der Waals surface area contributed by atoms with E-state index in [9.17, 15) is 5.11 Å². The van der Waals surface area contributed by atoms with Crippen LogP contribution in [0.1, 0.15) is 48.0 Å². The minimum Gasteiger partial charge on any atom is -0.391 e. The van der Waals surface area contributed by atoms with Crippen LogP contribution in [0.5, 0.6) is 0 Å². The van der Waals surface area contributed by atoms with Crippen LogP contribution in [0.25, 0.3) is 0 Å². The largest absolute Gasteiger partial charge is 0.391 e. The van der Waals surface area contributed by atoms with E-state index in [1.807, 2.05) is 0 Å². The summed E-state index contributed by atoms with van der Waals surface area (Å²) in [5.41, 5.74) is 0.143. The highest BCUT2D eigenvalue weighted by Gasteiger charge is 2.29. The molecular formula is C12H26O2. The molecule has 0 spiro atoms. The van der Waals surface area contributed by atoms with Crippen LogP contribution in [-0.2, 0) is 4.74 Å². The Morgan fingerprint density at radius 1 is 1.21 bits per heavy atom. The molecule has 0 saturated heterocycles. The quantitative estimate of drug-likeness (QED) is 0.743. The third kappa shape index (κ3) is 4.97. The van der Waals surface area contributed by atoms with Crippen molar-refractivity contribution < 1.29 is 9.84 Å². The van der Waals surface area contributed by atoms with Crippen molar-refractivity contribution >= 4 is 0 Å². The van der Waals surface area contributed by atoms with E-state index in [1.54, 1.807) is 6.92 Å². The lowest BCUT2D eigenvalue weighted by atomic mass is 9.81. The fraction of sp³-hybridized carbons (Fsp3) is 1.00. The Labute approximate surface area is 88.7 Å². The van der Waals surface area contributed by atoms with Gasteiger partial charge < -0.3 is 9.84 Å². The van der Waals surface area contributed by atoms with Gasteiger partial charge >= 0.3 is 0 Å². The first-order chi connectivity index (χ1) is 6.29. The number of aliphatic hydroxyl groups excluding tert-OH is 1. The molecule has 3 unspecified atom stereocenters. The second-order valence-electron chi connectivity index (χ2n) is 5.35. The van der Waals surface area contributed by atoms with E-state index in [4.69, 9.17) is 4.74 Å². The van der Waals surface area contributed by atoms with E-state index >= 15 is 0 Å². The Morgan fingerprint density at radius 2 is 1.71 bits per heavy atom. The van der Waals surface area contributed by atoms with E-state index in [0.29, 0.717) is 12.5 Å². The molecule has 2 nitrogen and oxygen atoms in total. The van der Waals surface area contributed by atoms with Crippen molar-refractivity contribution in [1.29, 1.82) is 0 Å². The number of hydrogen-bond acceptors (Lipinski definition) is 2. The third-order valence-corrected chi connectivity index (χ3v) is 2.53. The van der Waals surface area contributed by atoms with Crippen LogP contribution in [0.15, 0.2) is 0 Å². The average molecular weight is 202 g/mol. The smallest absolute Gasteiger partial charge is 0.0745 e. The summed E-state index contributed by atoms with van der Waals surface area (Å²) in [7, 11) is 0. The van der Waals surface area contributed by atoms with Gasteiger partial charge in [-0.1, -0.05) is 41.0 Å². The van der Waals surface area contributed by atoms with Crippen molar-refractivity contribution in [3.8, 4) is 0 Å². The first-order valence-electron chi connectivity index (χ1n) is 5.58. The van der Waals surface area contributed by atoms with Gasteiger partial charge in [0.05, 0.1) is 18.8 Å². The summed E-state index contributed by atoms with van der Waals surface area (Å²) in [4.78, 5) is 0. The van der Waals surface area contributed by atoms with Crippen molar-refractivity contribution in [3.05, 3.63) is 0 Å². The zero-order valence-corrected chi connectivity index (χ0v) is 10.5. The van der Waals surface area contributed by atoms with E-state index in [2.05, 4.69) is 34.6 Å². The van der Waals surface area contributed by atoms with Crippen molar-refractivity contribution in [2.75, 3.05) is 6.61 Å². The lowest BCUT2D eigenvalue weighted by Crippen LogP contribution is -2.36. The fourth-order valence-corrected chi connectivity index (χ4v) is 1.72. The molecule has 0 rings (SSSR count). The summed E-state index contributed by atoms with van der Waals surface area (Å²) in [6, 6.07) is 0. The minimum absolute atomic E-state index is 0.143. The van der Waals surface area contributed by atoms with Crippen LogP contribution in [0.3, 0.4) is 0 Å². The molecule has 14 heavy (non-hydrogen) atoms. The first-order valence-corrected chi connectivity index (χ1v) is 5.58. The van der Waals surface area contributed by atoms with Gasteiger partial charge in [-0.3, -0.25) is 0 Å². The topological polar surface area (TPSA) is 29.5 Å². The standard InChI is InChI=1S/C12H26O2/c1-7-9(2)11(12(4,5)6)14-8-10(3)13/h9-11,13H,7-8H2,1-6H3. The van der Waals surface area contributed by atoms with E-state index in [0.717, 1.165) is 6.42 Å². The van der Waals surface area contributed by atoms with Crippen LogP contribution in [0.2, 0.25) is 0 Å². The second kappa shape index (κ2) is 5.72. The van der Waals surface area contributed by atoms with Crippen LogP contribution in [0, 0.1) is 11.3 Å². The maximum atomic E-state index is 9.20. The number of ether oxygens (including phenoxy) is 1. The van der Waals surface area contributed by atoms with Crippen LogP contribution in [-0.4, -0.2) is 23.9 Å². The van der Waals surface area contributed by atoms with Gasteiger partial charge in [0.1, 0.15) is 0 Å². The van der Waals surface area contributed by atoms with Crippen molar-refractivity contribution in [2.45, 2.75) is 60.2 Å². The zero-order chi connectivity index (χ0) is 11.4. The molecule has 0 aliphatic rings. The Balaban J connectivity index is 4.26. The molecular weight excluding hydrogens is 176 g/mol. The van der Waals surface area contributed by atoms with Gasteiger partial charge in [-0.15, -0.1) is 0 Å². The van der Waals surface area contributed by atoms with E-state index in [-0.39, 0.29) is 17.6 Å². The maximum Gasteiger partial charge on any atom is 0.0745 e. The molecule has 0 aromatic heterocycles. The van der Waals surface area contributed by atoms with Gasteiger partial charge in [0.2, 0.25) is 0 Å². The molecule has 1 N–H and O–H groups in total. The van der Waals surface area contributed by atoms with Gasteiger partial charge in [0.25, 0.3) is 0 Å². The highest BCUT2D eigenvalue weighted by molar-refractivity contribution is 4.79. The molecule has 0 aromatic carbocycles. The lowest BCUT2D eigenvalue weighted by molar-refractivity contribution is -0.0776.